The Kier molecular flexibility index (Phi) is 5.40. The van der Waals surface area contributed by atoms with Crippen LogP contribution >= 0.6 is 11.8 Å². The number of hydrogen-bond acceptors (Lipinski definition) is 7. The van der Waals surface area contributed by atoms with Crippen LogP contribution in [0.1, 0.15) is 34.7 Å². The summed E-state index contributed by atoms with van der Waals surface area (Å²) in [4.78, 5) is 20.6. The van der Waals surface area contributed by atoms with Gasteiger partial charge in [0.25, 0.3) is 0 Å². The first-order chi connectivity index (χ1) is 18.7. The molecule has 0 saturated heterocycles. The molecule has 38 heavy (non-hydrogen) atoms. The van der Waals surface area contributed by atoms with Crippen LogP contribution in [-0.2, 0) is 6.42 Å². The molecule has 1 aliphatic carbocycles. The predicted molar refractivity (Wildman–Crippen MR) is 151 cm³/mol. The van der Waals surface area contributed by atoms with E-state index in [0.29, 0.717) is 22.6 Å². The molecule has 1 unspecified atom stereocenters. The van der Waals surface area contributed by atoms with E-state index in [1.807, 2.05) is 47.9 Å². The van der Waals surface area contributed by atoms with Crippen LogP contribution < -0.4 is 15.1 Å². The topological polar surface area (TPSA) is 64.3 Å². The lowest BCUT2D eigenvalue weighted by molar-refractivity contribution is 0.353. The van der Waals surface area contributed by atoms with Gasteiger partial charge in [-0.15, -0.1) is 0 Å². The molecule has 7 heteroatoms. The summed E-state index contributed by atoms with van der Waals surface area (Å²) in [6.45, 7) is 0. The number of nitrogens with zero attached hydrogens (tertiary/aromatic N) is 2. The van der Waals surface area contributed by atoms with Crippen LogP contribution in [0.25, 0.3) is 22.4 Å². The number of amidine groups is 1. The Bertz CT molecular complexity index is 1770. The first kappa shape index (κ1) is 22.9. The van der Waals surface area contributed by atoms with Crippen LogP contribution in [0, 0.1) is 0 Å². The quantitative estimate of drug-likeness (QED) is 0.282. The molecule has 7 rings (SSSR count). The fourth-order valence-electron chi connectivity index (χ4n) is 5.64. The van der Waals surface area contributed by atoms with Crippen molar-refractivity contribution >= 4 is 39.3 Å². The molecule has 2 aliphatic heterocycles. The van der Waals surface area contributed by atoms with Crippen molar-refractivity contribution in [2.45, 2.75) is 18.9 Å². The summed E-state index contributed by atoms with van der Waals surface area (Å²) in [6.07, 6.45) is 1.80. The number of rotatable bonds is 4. The van der Waals surface area contributed by atoms with E-state index in [1.165, 1.54) is 28.5 Å². The fraction of sp³-hybridized carbons (Fsp3) is 0.161. The van der Waals surface area contributed by atoms with E-state index in [9.17, 15) is 4.79 Å². The minimum absolute atomic E-state index is 0.169. The molecular weight excluding hydrogens is 496 g/mol. The van der Waals surface area contributed by atoms with Gasteiger partial charge >= 0.3 is 5.63 Å². The maximum atomic E-state index is 13.2. The number of para-hydroxylation sites is 1. The standard InChI is InChI=1S/C31H24N2O4S/c1-35-26-14-12-20(16-27(26)36-2)29-22-13-11-18-7-3-5-9-21(18)28(22)32-31-33(29)24(17-38-31)23-15-19-8-4-6-10-25(19)37-30(23)34/h3-10,12,14-17,29H,11,13H2,1-2H3. The molecule has 3 aromatic carbocycles. The molecule has 3 aliphatic rings. The molecule has 0 fully saturated rings. The van der Waals surface area contributed by atoms with E-state index in [0.717, 1.165) is 40.4 Å². The molecule has 0 bridgehead atoms. The Balaban J connectivity index is 1.43. The molecule has 188 valence electrons. The number of benzene rings is 3. The second kappa shape index (κ2) is 8.96. The van der Waals surface area contributed by atoms with E-state index in [1.54, 1.807) is 14.2 Å². The van der Waals surface area contributed by atoms with Crippen LogP contribution in [0.3, 0.4) is 0 Å². The van der Waals surface area contributed by atoms with E-state index in [4.69, 9.17) is 18.9 Å². The molecule has 0 N–H and O–H groups in total. The summed E-state index contributed by atoms with van der Waals surface area (Å²) in [5.74, 6) is 1.33. The van der Waals surface area contributed by atoms with Crippen molar-refractivity contribution in [2.75, 3.05) is 14.2 Å². The third-order valence-electron chi connectivity index (χ3n) is 7.42. The molecule has 0 radical (unpaired) electrons. The third kappa shape index (κ3) is 3.50. The SMILES string of the molecule is COc1ccc(C2C3=C(N=C4SC=C(c5cc6ccccc6oc5=O)N42)c2ccccc2CC3)cc1OC. The van der Waals surface area contributed by atoms with Gasteiger partial charge in [0, 0.05) is 16.4 Å². The van der Waals surface area contributed by atoms with Crippen molar-refractivity contribution in [1.82, 2.24) is 4.90 Å². The lowest BCUT2D eigenvalue weighted by Crippen LogP contribution is -2.35. The van der Waals surface area contributed by atoms with Crippen molar-refractivity contribution < 1.29 is 13.9 Å². The molecule has 0 spiro atoms. The Morgan fingerprint density at radius 1 is 0.921 bits per heavy atom. The first-order valence-corrected chi connectivity index (χ1v) is 13.4. The van der Waals surface area contributed by atoms with Gasteiger partial charge in [-0.05, 0) is 53.8 Å². The highest BCUT2D eigenvalue weighted by atomic mass is 32.2. The number of methoxy groups -OCH3 is 2. The molecule has 1 aromatic heterocycles. The zero-order chi connectivity index (χ0) is 25.8. The van der Waals surface area contributed by atoms with Crippen LogP contribution in [0.4, 0.5) is 0 Å². The Hall–Kier alpha value is -4.23. The van der Waals surface area contributed by atoms with Crippen LogP contribution in [-0.4, -0.2) is 24.3 Å². The van der Waals surface area contributed by atoms with Gasteiger partial charge in [0.15, 0.2) is 16.7 Å². The summed E-state index contributed by atoms with van der Waals surface area (Å²) in [5, 5.41) is 3.73. The molecule has 0 amide bonds. The fourth-order valence-corrected chi connectivity index (χ4v) is 6.56. The first-order valence-electron chi connectivity index (χ1n) is 12.5. The van der Waals surface area contributed by atoms with E-state index >= 15 is 0 Å². The predicted octanol–water partition coefficient (Wildman–Crippen LogP) is 6.63. The molecule has 1 atom stereocenters. The maximum Gasteiger partial charge on any atom is 0.345 e. The van der Waals surface area contributed by atoms with Gasteiger partial charge in [-0.25, -0.2) is 9.79 Å². The minimum Gasteiger partial charge on any atom is -0.493 e. The van der Waals surface area contributed by atoms with Crippen LogP contribution in [0.15, 0.2) is 98.0 Å². The number of ether oxygens (including phenoxy) is 2. The number of aryl methyl sites for hydroxylation is 1. The van der Waals surface area contributed by atoms with Gasteiger partial charge in [-0.1, -0.05) is 60.3 Å². The smallest absolute Gasteiger partial charge is 0.345 e. The Labute approximate surface area is 223 Å². The van der Waals surface area contributed by atoms with Gasteiger partial charge in [-0.3, -0.25) is 0 Å². The highest BCUT2D eigenvalue weighted by Crippen LogP contribution is 2.51. The average Bonchev–Trinajstić information content (AvgIpc) is 3.38. The summed E-state index contributed by atoms with van der Waals surface area (Å²) in [5.41, 5.74) is 7.28. The van der Waals surface area contributed by atoms with Gasteiger partial charge in [-0.2, -0.15) is 0 Å². The second-order valence-corrected chi connectivity index (χ2v) is 10.3. The molecule has 4 aromatic rings. The molecular formula is C31H24N2O4S. The van der Waals surface area contributed by atoms with Gasteiger partial charge in [0.2, 0.25) is 0 Å². The van der Waals surface area contributed by atoms with E-state index in [-0.39, 0.29) is 11.7 Å². The van der Waals surface area contributed by atoms with E-state index < -0.39 is 0 Å². The zero-order valence-electron chi connectivity index (χ0n) is 20.9. The van der Waals surface area contributed by atoms with Gasteiger partial charge in [0.1, 0.15) is 5.58 Å². The summed E-state index contributed by atoms with van der Waals surface area (Å²) < 4.78 is 16.9. The highest BCUT2D eigenvalue weighted by Gasteiger charge is 2.41. The highest BCUT2D eigenvalue weighted by molar-refractivity contribution is 8.16. The van der Waals surface area contributed by atoms with Crippen molar-refractivity contribution in [3.05, 3.63) is 116 Å². The summed E-state index contributed by atoms with van der Waals surface area (Å²) >= 11 is 1.53. The van der Waals surface area contributed by atoms with Crippen molar-refractivity contribution in [3.8, 4) is 11.5 Å². The minimum atomic E-state index is -0.364. The normalized spacial score (nSPS) is 17.9. The number of aliphatic imine (C=N–C) groups is 1. The van der Waals surface area contributed by atoms with Gasteiger partial charge in [0.05, 0.1) is 37.2 Å². The van der Waals surface area contributed by atoms with Gasteiger partial charge < -0.3 is 18.8 Å². The average molecular weight is 521 g/mol. The molecule has 0 saturated carbocycles. The molecule has 6 nitrogen and oxygen atoms in total. The van der Waals surface area contributed by atoms with Crippen LogP contribution in [0.2, 0.25) is 0 Å². The largest absolute Gasteiger partial charge is 0.493 e. The summed E-state index contributed by atoms with van der Waals surface area (Å²) in [6, 6.07) is 23.9. The lowest BCUT2D eigenvalue weighted by Gasteiger charge is -2.39. The number of hydrogen-bond donors (Lipinski definition) is 0. The zero-order valence-corrected chi connectivity index (χ0v) is 21.7. The number of thioether (sulfide) groups is 1. The van der Waals surface area contributed by atoms with Crippen molar-refractivity contribution in [2.24, 2.45) is 4.99 Å². The Morgan fingerprint density at radius 3 is 2.61 bits per heavy atom. The molecule has 3 heterocycles. The second-order valence-electron chi connectivity index (χ2n) is 9.42. The lowest BCUT2D eigenvalue weighted by atomic mass is 9.82. The third-order valence-corrected chi connectivity index (χ3v) is 8.26. The van der Waals surface area contributed by atoms with E-state index in [2.05, 4.69) is 35.2 Å². The maximum absolute atomic E-state index is 13.2. The van der Waals surface area contributed by atoms with Crippen LogP contribution in [0.5, 0.6) is 11.5 Å². The monoisotopic (exact) mass is 520 g/mol. The van der Waals surface area contributed by atoms with Crippen molar-refractivity contribution in [3.63, 3.8) is 0 Å². The number of fused-ring (bicyclic) bond motifs is 4. The summed E-state index contributed by atoms with van der Waals surface area (Å²) in [7, 11) is 3.28. The Morgan fingerprint density at radius 2 is 1.74 bits per heavy atom. The van der Waals surface area contributed by atoms with Crippen molar-refractivity contribution in [1.29, 1.82) is 0 Å².